The summed E-state index contributed by atoms with van der Waals surface area (Å²) in [5.74, 6) is 1.67. The molecule has 0 saturated carbocycles. The van der Waals surface area contributed by atoms with Gasteiger partial charge in [-0.3, -0.25) is 0 Å². The Morgan fingerprint density at radius 1 is 1.05 bits per heavy atom. The van der Waals surface area contributed by atoms with Crippen LogP contribution < -0.4 is 14.2 Å². The lowest BCUT2D eigenvalue weighted by molar-refractivity contribution is 0.266. The first kappa shape index (κ1) is 15.5. The standard InChI is InChI=1S/C18H17NO3/c1-20-16-11-15(9-6-10-19)12-17(21-2)18(16)22-13-14-7-4-3-5-8-14/h3-9,11-12H,13H2,1-2H3/b9-6+. The second-order valence-corrected chi connectivity index (χ2v) is 4.49. The number of nitriles is 1. The van der Waals surface area contributed by atoms with E-state index in [1.807, 2.05) is 36.4 Å². The predicted molar refractivity (Wildman–Crippen MR) is 85.0 cm³/mol. The van der Waals surface area contributed by atoms with E-state index in [-0.39, 0.29) is 0 Å². The minimum atomic E-state index is 0.418. The molecule has 0 aliphatic carbocycles. The van der Waals surface area contributed by atoms with Gasteiger partial charge in [-0.2, -0.15) is 5.26 Å². The number of rotatable bonds is 6. The molecule has 0 amide bonds. The fourth-order valence-electron chi connectivity index (χ4n) is 2.00. The molecule has 0 radical (unpaired) electrons. The predicted octanol–water partition coefficient (Wildman–Crippen LogP) is 3.82. The summed E-state index contributed by atoms with van der Waals surface area (Å²) < 4.78 is 16.6. The van der Waals surface area contributed by atoms with Crippen LogP contribution in [0, 0.1) is 11.3 Å². The lowest BCUT2D eigenvalue weighted by Crippen LogP contribution is -2.00. The van der Waals surface area contributed by atoms with Gasteiger partial charge in [0, 0.05) is 6.08 Å². The van der Waals surface area contributed by atoms with E-state index >= 15 is 0 Å². The zero-order chi connectivity index (χ0) is 15.8. The van der Waals surface area contributed by atoms with E-state index in [4.69, 9.17) is 19.5 Å². The molecule has 22 heavy (non-hydrogen) atoms. The quantitative estimate of drug-likeness (QED) is 0.760. The van der Waals surface area contributed by atoms with Crippen molar-refractivity contribution >= 4 is 6.08 Å². The van der Waals surface area contributed by atoms with Gasteiger partial charge in [0.1, 0.15) is 6.61 Å². The Morgan fingerprint density at radius 3 is 2.23 bits per heavy atom. The Kier molecular flexibility index (Phi) is 5.44. The highest BCUT2D eigenvalue weighted by Crippen LogP contribution is 2.39. The zero-order valence-electron chi connectivity index (χ0n) is 12.6. The summed E-state index contributed by atoms with van der Waals surface area (Å²) >= 11 is 0. The van der Waals surface area contributed by atoms with Gasteiger partial charge in [-0.1, -0.05) is 30.3 Å². The first-order valence-corrected chi connectivity index (χ1v) is 6.77. The lowest BCUT2D eigenvalue weighted by Gasteiger charge is -2.15. The molecule has 0 aliphatic rings. The van der Waals surface area contributed by atoms with Gasteiger partial charge in [-0.15, -0.1) is 0 Å². The second kappa shape index (κ2) is 7.75. The highest BCUT2D eigenvalue weighted by molar-refractivity contribution is 5.63. The molecule has 2 aromatic carbocycles. The maximum atomic E-state index is 8.62. The number of hydrogen-bond acceptors (Lipinski definition) is 4. The van der Waals surface area contributed by atoms with Gasteiger partial charge < -0.3 is 14.2 Å². The number of allylic oxidation sites excluding steroid dienone is 1. The molecule has 0 aliphatic heterocycles. The van der Waals surface area contributed by atoms with Gasteiger partial charge >= 0.3 is 0 Å². The fourth-order valence-corrected chi connectivity index (χ4v) is 2.00. The molecular weight excluding hydrogens is 278 g/mol. The van der Waals surface area contributed by atoms with Crippen molar-refractivity contribution in [3.63, 3.8) is 0 Å². The number of benzene rings is 2. The van der Waals surface area contributed by atoms with Crippen molar-refractivity contribution in [2.75, 3.05) is 14.2 Å². The maximum absolute atomic E-state index is 8.62. The van der Waals surface area contributed by atoms with E-state index in [1.165, 1.54) is 6.08 Å². The molecule has 4 heteroatoms. The average Bonchev–Trinajstić information content (AvgIpc) is 2.58. The molecular formula is C18H17NO3. The van der Waals surface area contributed by atoms with E-state index in [9.17, 15) is 0 Å². The van der Waals surface area contributed by atoms with E-state index in [0.717, 1.165) is 11.1 Å². The first-order chi connectivity index (χ1) is 10.8. The van der Waals surface area contributed by atoms with Crippen LogP contribution in [0.4, 0.5) is 0 Å². The molecule has 0 N–H and O–H groups in total. The van der Waals surface area contributed by atoms with Crippen molar-refractivity contribution in [1.29, 1.82) is 5.26 Å². The molecule has 0 aromatic heterocycles. The van der Waals surface area contributed by atoms with Gasteiger partial charge in [-0.05, 0) is 29.3 Å². The molecule has 0 saturated heterocycles. The molecule has 0 heterocycles. The fraction of sp³-hybridized carbons (Fsp3) is 0.167. The minimum absolute atomic E-state index is 0.418. The molecule has 0 bridgehead atoms. The Bertz CT molecular complexity index is 662. The highest BCUT2D eigenvalue weighted by Gasteiger charge is 2.13. The summed E-state index contributed by atoms with van der Waals surface area (Å²) in [5.41, 5.74) is 1.86. The summed E-state index contributed by atoms with van der Waals surface area (Å²) in [6.45, 7) is 0.418. The lowest BCUT2D eigenvalue weighted by atomic mass is 10.1. The van der Waals surface area contributed by atoms with Crippen LogP contribution in [-0.2, 0) is 6.61 Å². The van der Waals surface area contributed by atoms with Crippen LogP contribution in [0.3, 0.4) is 0 Å². The Morgan fingerprint density at radius 2 is 1.68 bits per heavy atom. The van der Waals surface area contributed by atoms with Gasteiger partial charge in [0.15, 0.2) is 11.5 Å². The van der Waals surface area contributed by atoms with Crippen LogP contribution >= 0.6 is 0 Å². The van der Waals surface area contributed by atoms with E-state index in [1.54, 1.807) is 32.4 Å². The van der Waals surface area contributed by atoms with Gasteiger partial charge in [0.2, 0.25) is 5.75 Å². The van der Waals surface area contributed by atoms with Gasteiger partial charge in [0.05, 0.1) is 20.3 Å². The summed E-state index contributed by atoms with van der Waals surface area (Å²) in [5, 5.41) is 8.62. The van der Waals surface area contributed by atoms with Crippen LogP contribution in [0.1, 0.15) is 11.1 Å². The molecule has 112 valence electrons. The van der Waals surface area contributed by atoms with Crippen molar-refractivity contribution in [2.45, 2.75) is 6.61 Å². The number of nitrogens with zero attached hydrogens (tertiary/aromatic N) is 1. The Balaban J connectivity index is 2.29. The molecule has 0 fully saturated rings. The molecule has 0 spiro atoms. The van der Waals surface area contributed by atoms with E-state index < -0.39 is 0 Å². The smallest absolute Gasteiger partial charge is 0.203 e. The number of hydrogen-bond donors (Lipinski definition) is 0. The minimum Gasteiger partial charge on any atom is -0.493 e. The zero-order valence-corrected chi connectivity index (χ0v) is 12.6. The first-order valence-electron chi connectivity index (χ1n) is 6.77. The average molecular weight is 295 g/mol. The molecule has 4 nitrogen and oxygen atoms in total. The Hall–Kier alpha value is -2.93. The molecule has 2 aromatic rings. The molecule has 0 unspecified atom stereocenters. The van der Waals surface area contributed by atoms with Crippen molar-refractivity contribution in [3.05, 3.63) is 59.7 Å². The van der Waals surface area contributed by atoms with Crippen LogP contribution in [0.15, 0.2) is 48.5 Å². The Labute approximate surface area is 130 Å². The number of methoxy groups -OCH3 is 2. The van der Waals surface area contributed by atoms with Crippen LogP contribution in [-0.4, -0.2) is 14.2 Å². The van der Waals surface area contributed by atoms with Crippen molar-refractivity contribution in [3.8, 4) is 23.3 Å². The van der Waals surface area contributed by atoms with Gasteiger partial charge in [0.25, 0.3) is 0 Å². The normalized spacial score (nSPS) is 10.2. The SMILES string of the molecule is COc1cc(/C=C/C#N)cc(OC)c1OCc1ccccc1. The van der Waals surface area contributed by atoms with E-state index in [2.05, 4.69) is 0 Å². The number of ether oxygens (including phenoxy) is 3. The maximum Gasteiger partial charge on any atom is 0.203 e. The van der Waals surface area contributed by atoms with Crippen molar-refractivity contribution in [1.82, 2.24) is 0 Å². The largest absolute Gasteiger partial charge is 0.493 e. The summed E-state index contributed by atoms with van der Waals surface area (Å²) in [6, 6.07) is 15.4. The third kappa shape index (κ3) is 3.80. The highest BCUT2D eigenvalue weighted by atomic mass is 16.5. The van der Waals surface area contributed by atoms with Crippen molar-refractivity contribution < 1.29 is 14.2 Å². The monoisotopic (exact) mass is 295 g/mol. The van der Waals surface area contributed by atoms with Gasteiger partial charge in [-0.25, -0.2) is 0 Å². The van der Waals surface area contributed by atoms with E-state index in [0.29, 0.717) is 23.9 Å². The topological polar surface area (TPSA) is 51.5 Å². The van der Waals surface area contributed by atoms with Crippen molar-refractivity contribution in [2.24, 2.45) is 0 Å². The third-order valence-corrected chi connectivity index (χ3v) is 3.06. The second-order valence-electron chi connectivity index (χ2n) is 4.49. The van der Waals surface area contributed by atoms with Crippen LogP contribution in [0.5, 0.6) is 17.2 Å². The summed E-state index contributed by atoms with van der Waals surface area (Å²) in [7, 11) is 3.14. The molecule has 2 rings (SSSR count). The summed E-state index contributed by atoms with van der Waals surface area (Å²) in [6.07, 6.45) is 3.09. The molecule has 0 atom stereocenters. The summed E-state index contributed by atoms with van der Waals surface area (Å²) in [4.78, 5) is 0. The van der Waals surface area contributed by atoms with Crippen LogP contribution in [0.2, 0.25) is 0 Å². The van der Waals surface area contributed by atoms with Crippen LogP contribution in [0.25, 0.3) is 6.08 Å². The third-order valence-electron chi connectivity index (χ3n) is 3.06.